The van der Waals surface area contributed by atoms with Crippen LogP contribution < -0.4 is 0 Å². The lowest BCUT2D eigenvalue weighted by atomic mass is 9.95. The maximum atomic E-state index is 5.24. The van der Waals surface area contributed by atoms with E-state index >= 15 is 0 Å². The number of hydrogen-bond acceptors (Lipinski definition) is 3. The summed E-state index contributed by atoms with van der Waals surface area (Å²) >= 11 is 0. The van der Waals surface area contributed by atoms with Crippen molar-refractivity contribution in [2.75, 3.05) is 0 Å². The number of fused-ring (bicyclic) bond motifs is 6. The van der Waals surface area contributed by atoms with Crippen molar-refractivity contribution in [1.29, 1.82) is 0 Å². The topological polar surface area (TPSA) is 43.1 Å². The summed E-state index contributed by atoms with van der Waals surface area (Å²) in [7, 11) is 0. The molecule has 0 aliphatic carbocycles. The van der Waals surface area contributed by atoms with Gasteiger partial charge in [-0.15, -0.1) is 0 Å². The maximum absolute atomic E-state index is 5.24. The van der Waals surface area contributed by atoms with Gasteiger partial charge in [0, 0.05) is 45.2 Å². The van der Waals surface area contributed by atoms with Crippen molar-refractivity contribution in [3.63, 3.8) is 0 Å². The molecule has 0 saturated carbocycles. The van der Waals surface area contributed by atoms with Crippen molar-refractivity contribution < 1.29 is 0 Å². The molecule has 4 heteroatoms. The Hall–Kier alpha value is -6.13. The molecule has 0 aliphatic heterocycles. The second-order valence-corrected chi connectivity index (χ2v) is 11.3. The molecule has 0 aliphatic rings. The number of aromatic nitrogens is 4. The molecule has 4 aromatic heterocycles. The fourth-order valence-electron chi connectivity index (χ4n) is 6.39. The van der Waals surface area contributed by atoms with E-state index < -0.39 is 0 Å². The third-order valence-corrected chi connectivity index (χ3v) is 8.62. The number of pyridine rings is 3. The first-order valence-corrected chi connectivity index (χ1v) is 15.1. The van der Waals surface area contributed by atoms with Crippen LogP contribution in [0.25, 0.3) is 83.1 Å². The molecule has 4 nitrogen and oxygen atoms in total. The van der Waals surface area contributed by atoms with Crippen LogP contribution in [-0.4, -0.2) is 19.4 Å². The molecular weight excluding hydrogens is 548 g/mol. The van der Waals surface area contributed by atoms with Crippen LogP contribution in [-0.2, 0) is 0 Å². The smallest absolute Gasteiger partial charge is 0.137 e. The van der Waals surface area contributed by atoms with Crippen molar-refractivity contribution in [2.24, 2.45) is 0 Å². The van der Waals surface area contributed by atoms with Crippen molar-refractivity contribution >= 4 is 38.2 Å². The molecule has 0 bridgehead atoms. The zero-order valence-corrected chi connectivity index (χ0v) is 24.3. The fourth-order valence-corrected chi connectivity index (χ4v) is 6.39. The van der Waals surface area contributed by atoms with Crippen LogP contribution in [0.3, 0.4) is 0 Å². The molecule has 0 atom stereocenters. The Labute approximate surface area is 259 Å². The molecule has 0 saturated heterocycles. The second kappa shape index (κ2) is 10.2. The van der Waals surface area contributed by atoms with Crippen LogP contribution in [0.2, 0.25) is 0 Å². The van der Waals surface area contributed by atoms with E-state index in [2.05, 4.69) is 132 Å². The third-order valence-electron chi connectivity index (χ3n) is 8.62. The van der Waals surface area contributed by atoms with Gasteiger partial charge >= 0.3 is 0 Å². The third kappa shape index (κ3) is 4.35. The zero-order valence-electron chi connectivity index (χ0n) is 24.3. The molecular formula is C41H26N4. The fraction of sp³-hybridized carbons (Fsp3) is 0. The van der Waals surface area contributed by atoms with E-state index in [1.807, 2.05) is 30.5 Å². The van der Waals surface area contributed by atoms with Crippen LogP contribution in [0.5, 0.6) is 0 Å². The molecule has 0 fully saturated rings. The van der Waals surface area contributed by atoms with Crippen LogP contribution in [0, 0.1) is 0 Å². The lowest BCUT2D eigenvalue weighted by Crippen LogP contribution is -1.93. The molecule has 0 spiro atoms. The molecule has 9 rings (SSSR count). The summed E-state index contributed by atoms with van der Waals surface area (Å²) in [5.41, 5.74) is 11.4. The summed E-state index contributed by atoms with van der Waals surface area (Å²) in [4.78, 5) is 15.1. The molecule has 9 aromatic rings. The Morgan fingerprint density at radius 2 is 1.13 bits per heavy atom. The summed E-state index contributed by atoms with van der Waals surface area (Å²) in [5.74, 6) is 0. The van der Waals surface area contributed by atoms with Gasteiger partial charge in [0.25, 0.3) is 0 Å². The Balaban J connectivity index is 1.17. The van der Waals surface area contributed by atoms with Gasteiger partial charge in [-0.2, -0.15) is 0 Å². The largest absolute Gasteiger partial charge is 0.306 e. The van der Waals surface area contributed by atoms with E-state index in [0.29, 0.717) is 0 Å². The van der Waals surface area contributed by atoms with Gasteiger partial charge in [0.05, 0.1) is 28.1 Å². The Bertz CT molecular complexity index is 2500. The van der Waals surface area contributed by atoms with E-state index in [1.165, 1.54) is 5.39 Å². The molecule has 45 heavy (non-hydrogen) atoms. The van der Waals surface area contributed by atoms with E-state index in [-0.39, 0.29) is 0 Å². The summed E-state index contributed by atoms with van der Waals surface area (Å²) in [6.07, 6.45) is 4.11. The van der Waals surface area contributed by atoms with Crippen molar-refractivity contribution in [3.05, 3.63) is 158 Å². The number of imidazole rings is 1. The standard InChI is InChI=1S/C41H26N4/c1-2-9-28(10-3-1)35-22-21-34-37(42-35)23-20-33-32-13-4-5-14-36(32)44-41(40(33)34)29-18-16-27(17-19-29)30-11-8-12-31(25-30)38-26-45-24-7-6-15-39(45)43-38/h1-26H. The maximum Gasteiger partial charge on any atom is 0.137 e. The van der Waals surface area contributed by atoms with Gasteiger partial charge in [0.15, 0.2) is 0 Å². The van der Waals surface area contributed by atoms with Gasteiger partial charge in [-0.25, -0.2) is 15.0 Å². The van der Waals surface area contributed by atoms with Crippen LogP contribution >= 0.6 is 0 Å². The van der Waals surface area contributed by atoms with Crippen molar-refractivity contribution in [3.8, 4) is 44.9 Å². The van der Waals surface area contributed by atoms with E-state index in [4.69, 9.17) is 15.0 Å². The van der Waals surface area contributed by atoms with E-state index in [0.717, 1.165) is 77.7 Å². The predicted octanol–water partition coefficient (Wildman–Crippen LogP) is 10.3. The Morgan fingerprint density at radius 1 is 0.400 bits per heavy atom. The van der Waals surface area contributed by atoms with E-state index in [1.54, 1.807) is 0 Å². The highest BCUT2D eigenvalue weighted by Crippen LogP contribution is 2.38. The minimum Gasteiger partial charge on any atom is -0.306 e. The number of para-hydroxylation sites is 1. The molecule has 0 N–H and O–H groups in total. The van der Waals surface area contributed by atoms with Crippen LogP contribution in [0.4, 0.5) is 0 Å². The molecule has 5 aromatic carbocycles. The molecule has 0 radical (unpaired) electrons. The quantitative estimate of drug-likeness (QED) is 0.196. The second-order valence-electron chi connectivity index (χ2n) is 11.3. The van der Waals surface area contributed by atoms with E-state index in [9.17, 15) is 0 Å². The average Bonchev–Trinajstić information content (AvgIpc) is 3.56. The first-order chi connectivity index (χ1) is 22.3. The SMILES string of the molecule is c1ccc(-c2ccc3c(ccc4c5ccccc5nc(-c5ccc(-c6cccc(-c7cn8ccccc8n7)c6)cc5)c34)n2)cc1. The van der Waals surface area contributed by atoms with Crippen molar-refractivity contribution in [1.82, 2.24) is 19.4 Å². The van der Waals surface area contributed by atoms with Gasteiger partial charge in [-0.3, -0.25) is 0 Å². The summed E-state index contributed by atoms with van der Waals surface area (Å²) in [5, 5.41) is 4.55. The molecule has 0 unspecified atom stereocenters. The summed E-state index contributed by atoms with van der Waals surface area (Å²) < 4.78 is 2.05. The zero-order chi connectivity index (χ0) is 29.7. The summed E-state index contributed by atoms with van der Waals surface area (Å²) in [6, 6.07) is 50.8. The monoisotopic (exact) mass is 574 g/mol. The Kier molecular flexibility index (Phi) is 5.78. The van der Waals surface area contributed by atoms with Gasteiger partial charge in [0.1, 0.15) is 5.65 Å². The number of rotatable bonds is 4. The first-order valence-electron chi connectivity index (χ1n) is 15.1. The lowest BCUT2D eigenvalue weighted by Gasteiger charge is -2.14. The minimum atomic E-state index is 0.941. The molecule has 210 valence electrons. The molecule has 4 heterocycles. The van der Waals surface area contributed by atoms with Gasteiger partial charge < -0.3 is 4.40 Å². The summed E-state index contributed by atoms with van der Waals surface area (Å²) in [6.45, 7) is 0. The highest BCUT2D eigenvalue weighted by atomic mass is 15.0. The van der Waals surface area contributed by atoms with Gasteiger partial charge in [0.2, 0.25) is 0 Å². The van der Waals surface area contributed by atoms with Crippen molar-refractivity contribution in [2.45, 2.75) is 0 Å². The van der Waals surface area contributed by atoms with Crippen LogP contribution in [0.15, 0.2) is 158 Å². The Morgan fingerprint density at radius 3 is 2.02 bits per heavy atom. The average molecular weight is 575 g/mol. The highest BCUT2D eigenvalue weighted by Gasteiger charge is 2.15. The number of nitrogens with zero attached hydrogens (tertiary/aromatic N) is 4. The van der Waals surface area contributed by atoms with Crippen LogP contribution in [0.1, 0.15) is 0 Å². The highest BCUT2D eigenvalue weighted by molar-refractivity contribution is 6.20. The number of benzene rings is 5. The molecule has 0 amide bonds. The van der Waals surface area contributed by atoms with Gasteiger partial charge in [-0.1, -0.05) is 103 Å². The predicted molar refractivity (Wildman–Crippen MR) is 185 cm³/mol. The normalized spacial score (nSPS) is 11.6. The first kappa shape index (κ1) is 25.4. The number of hydrogen-bond donors (Lipinski definition) is 0. The van der Waals surface area contributed by atoms with Gasteiger partial charge in [-0.05, 0) is 59.0 Å². The minimum absolute atomic E-state index is 0.941. The lowest BCUT2D eigenvalue weighted by molar-refractivity contribution is 1.19.